The molecule has 144 valence electrons. The smallest absolute Gasteiger partial charge is 0.222 e. The van der Waals surface area contributed by atoms with Crippen LogP contribution in [0.25, 0.3) is 0 Å². The molecule has 0 radical (unpaired) electrons. The van der Waals surface area contributed by atoms with E-state index in [2.05, 4.69) is 35.9 Å². The van der Waals surface area contributed by atoms with Crippen molar-refractivity contribution in [2.24, 2.45) is 0 Å². The first-order chi connectivity index (χ1) is 11.9. The van der Waals surface area contributed by atoms with Crippen molar-refractivity contribution < 1.29 is 9.59 Å². The van der Waals surface area contributed by atoms with Crippen molar-refractivity contribution in [3.63, 3.8) is 0 Å². The van der Waals surface area contributed by atoms with Gasteiger partial charge in [0.05, 0.1) is 6.54 Å². The maximum Gasteiger partial charge on any atom is 0.222 e. The Hall–Kier alpha value is -0.980. The number of carbonyl (C=O) groups excluding carboxylic acids is 2. The van der Waals surface area contributed by atoms with E-state index in [1.165, 1.54) is 0 Å². The van der Waals surface area contributed by atoms with E-state index in [1.54, 1.807) is 6.92 Å². The van der Waals surface area contributed by atoms with Crippen LogP contribution in [0, 0.1) is 0 Å². The highest BCUT2D eigenvalue weighted by Gasteiger charge is 2.32. The Balaban J connectivity index is 1.87. The molecule has 2 rings (SSSR count). The number of amides is 1. The standard InChI is InChI=1S/C19H36N4O2/c1-5-6-7-19(25)22-9-8-21(16(3)12-22)14-18-10-20-15(2)11-23(18)13-17(4)24/h15-16,18,20H,5-14H2,1-4H3/t15-,16-,18?/m1/s1. The Labute approximate surface area is 152 Å². The number of carbonyl (C=O) groups is 2. The maximum atomic E-state index is 12.3. The van der Waals surface area contributed by atoms with Crippen LogP contribution in [0.4, 0.5) is 0 Å². The summed E-state index contributed by atoms with van der Waals surface area (Å²) in [5.41, 5.74) is 0. The van der Waals surface area contributed by atoms with Crippen LogP contribution >= 0.6 is 0 Å². The fraction of sp³-hybridized carbons (Fsp3) is 0.895. The van der Waals surface area contributed by atoms with E-state index < -0.39 is 0 Å². The fourth-order valence-corrected chi connectivity index (χ4v) is 3.94. The Bertz CT molecular complexity index is 457. The molecule has 0 aromatic carbocycles. The lowest BCUT2D eigenvalue weighted by Gasteiger charge is -2.45. The van der Waals surface area contributed by atoms with Crippen molar-refractivity contribution in [2.45, 2.75) is 65.1 Å². The molecule has 3 atom stereocenters. The zero-order valence-corrected chi connectivity index (χ0v) is 16.5. The molecule has 2 fully saturated rings. The van der Waals surface area contributed by atoms with Crippen LogP contribution in [0.1, 0.15) is 47.0 Å². The summed E-state index contributed by atoms with van der Waals surface area (Å²) in [5, 5.41) is 3.55. The van der Waals surface area contributed by atoms with Crippen LogP contribution in [0.2, 0.25) is 0 Å². The minimum absolute atomic E-state index is 0.235. The van der Waals surface area contributed by atoms with Crippen LogP contribution in [0.15, 0.2) is 0 Å². The van der Waals surface area contributed by atoms with Gasteiger partial charge < -0.3 is 10.2 Å². The molecule has 2 heterocycles. The summed E-state index contributed by atoms with van der Waals surface area (Å²) in [6.45, 7) is 14.1. The van der Waals surface area contributed by atoms with Crippen molar-refractivity contribution in [1.82, 2.24) is 20.0 Å². The summed E-state index contributed by atoms with van der Waals surface area (Å²) < 4.78 is 0. The van der Waals surface area contributed by atoms with Crippen molar-refractivity contribution in [2.75, 3.05) is 45.8 Å². The molecule has 0 saturated carbocycles. The Morgan fingerprint density at radius 2 is 1.88 bits per heavy atom. The third kappa shape index (κ3) is 6.04. The van der Waals surface area contributed by atoms with E-state index in [-0.39, 0.29) is 5.78 Å². The second-order valence-electron chi connectivity index (χ2n) is 7.88. The van der Waals surface area contributed by atoms with Crippen LogP contribution in [-0.4, -0.2) is 90.3 Å². The Morgan fingerprint density at radius 1 is 1.12 bits per heavy atom. The summed E-state index contributed by atoms with van der Waals surface area (Å²) in [7, 11) is 0. The third-order valence-corrected chi connectivity index (χ3v) is 5.46. The summed E-state index contributed by atoms with van der Waals surface area (Å²) in [5.74, 6) is 0.540. The van der Waals surface area contributed by atoms with Gasteiger partial charge in [-0.05, 0) is 27.2 Å². The minimum atomic E-state index is 0.235. The van der Waals surface area contributed by atoms with Gasteiger partial charge in [0.2, 0.25) is 5.91 Å². The van der Waals surface area contributed by atoms with Crippen molar-refractivity contribution in [3.05, 3.63) is 0 Å². The molecular formula is C19H36N4O2. The molecule has 25 heavy (non-hydrogen) atoms. The molecule has 0 aromatic heterocycles. The number of hydrogen-bond acceptors (Lipinski definition) is 5. The normalized spacial score (nSPS) is 29.0. The van der Waals surface area contributed by atoms with Gasteiger partial charge in [-0.2, -0.15) is 0 Å². The molecule has 1 unspecified atom stereocenters. The van der Waals surface area contributed by atoms with Gasteiger partial charge in [0.25, 0.3) is 0 Å². The topological polar surface area (TPSA) is 55.9 Å². The first kappa shape index (κ1) is 20.3. The summed E-state index contributed by atoms with van der Waals surface area (Å²) in [6, 6.07) is 1.17. The van der Waals surface area contributed by atoms with Gasteiger partial charge in [-0.1, -0.05) is 13.3 Å². The average molecular weight is 353 g/mol. The summed E-state index contributed by atoms with van der Waals surface area (Å²) in [6.07, 6.45) is 2.74. The second kappa shape index (κ2) is 9.64. The molecule has 6 nitrogen and oxygen atoms in total. The predicted octanol–water partition coefficient (Wildman–Crippen LogP) is 0.961. The first-order valence-corrected chi connectivity index (χ1v) is 9.89. The van der Waals surface area contributed by atoms with Gasteiger partial charge >= 0.3 is 0 Å². The molecular weight excluding hydrogens is 316 g/mol. The lowest BCUT2D eigenvalue weighted by Crippen LogP contribution is -2.62. The molecule has 6 heteroatoms. The van der Waals surface area contributed by atoms with E-state index >= 15 is 0 Å². The highest BCUT2D eigenvalue weighted by molar-refractivity contribution is 5.77. The molecule has 0 aliphatic carbocycles. The van der Waals surface area contributed by atoms with Crippen molar-refractivity contribution >= 4 is 11.7 Å². The lowest BCUT2D eigenvalue weighted by molar-refractivity contribution is -0.134. The SMILES string of the molecule is CCCCC(=O)N1CCN(CC2CN[C@H](C)CN2CC(C)=O)[C@H](C)C1. The van der Waals surface area contributed by atoms with Gasteiger partial charge in [-0.15, -0.1) is 0 Å². The average Bonchev–Trinajstić information content (AvgIpc) is 2.56. The van der Waals surface area contributed by atoms with Crippen LogP contribution in [0.5, 0.6) is 0 Å². The molecule has 2 aliphatic heterocycles. The molecule has 1 N–H and O–H groups in total. The Morgan fingerprint density at radius 3 is 2.52 bits per heavy atom. The van der Waals surface area contributed by atoms with Gasteiger partial charge in [-0.25, -0.2) is 0 Å². The quantitative estimate of drug-likeness (QED) is 0.740. The number of piperazine rings is 2. The van der Waals surface area contributed by atoms with Crippen molar-refractivity contribution in [1.29, 1.82) is 0 Å². The fourth-order valence-electron chi connectivity index (χ4n) is 3.94. The van der Waals surface area contributed by atoms with E-state index in [0.29, 0.717) is 37.0 Å². The summed E-state index contributed by atoms with van der Waals surface area (Å²) >= 11 is 0. The van der Waals surface area contributed by atoms with Gasteiger partial charge in [0.1, 0.15) is 5.78 Å². The van der Waals surface area contributed by atoms with Crippen LogP contribution < -0.4 is 5.32 Å². The number of ketones is 1. The molecule has 0 spiro atoms. The number of nitrogens with one attached hydrogen (secondary N) is 1. The monoisotopic (exact) mass is 352 g/mol. The molecule has 2 saturated heterocycles. The third-order valence-electron chi connectivity index (χ3n) is 5.46. The number of rotatable bonds is 7. The number of hydrogen-bond donors (Lipinski definition) is 1. The summed E-state index contributed by atoms with van der Waals surface area (Å²) in [4.78, 5) is 30.7. The lowest BCUT2D eigenvalue weighted by atomic mass is 10.1. The first-order valence-electron chi connectivity index (χ1n) is 9.89. The largest absolute Gasteiger partial charge is 0.340 e. The predicted molar refractivity (Wildman–Crippen MR) is 101 cm³/mol. The molecule has 0 bridgehead atoms. The van der Waals surface area contributed by atoms with E-state index in [1.807, 2.05) is 4.90 Å². The minimum Gasteiger partial charge on any atom is -0.340 e. The van der Waals surface area contributed by atoms with E-state index in [0.717, 1.165) is 52.1 Å². The van der Waals surface area contributed by atoms with E-state index in [9.17, 15) is 9.59 Å². The number of unbranched alkanes of at least 4 members (excludes halogenated alkanes) is 1. The zero-order valence-electron chi connectivity index (χ0n) is 16.5. The molecule has 0 aromatic rings. The van der Waals surface area contributed by atoms with Crippen LogP contribution in [0.3, 0.4) is 0 Å². The van der Waals surface area contributed by atoms with E-state index in [4.69, 9.17) is 0 Å². The van der Waals surface area contributed by atoms with Gasteiger partial charge in [-0.3, -0.25) is 19.4 Å². The molecule has 2 aliphatic rings. The van der Waals surface area contributed by atoms with Crippen LogP contribution in [-0.2, 0) is 9.59 Å². The van der Waals surface area contributed by atoms with Crippen molar-refractivity contribution in [3.8, 4) is 0 Å². The second-order valence-corrected chi connectivity index (χ2v) is 7.88. The highest BCUT2D eigenvalue weighted by atomic mass is 16.2. The van der Waals surface area contributed by atoms with Gasteiger partial charge in [0.15, 0.2) is 0 Å². The number of Topliss-reactive ketones (excluding diaryl/α,β-unsaturated/α-hetero) is 1. The zero-order chi connectivity index (χ0) is 18.4. The number of nitrogens with zero attached hydrogens (tertiary/aromatic N) is 3. The molecule has 1 amide bonds. The highest BCUT2D eigenvalue weighted by Crippen LogP contribution is 2.15. The maximum absolute atomic E-state index is 12.3. The van der Waals surface area contributed by atoms with Gasteiger partial charge in [0, 0.05) is 63.8 Å². The Kier molecular flexibility index (Phi) is 7.84.